The first-order valence-corrected chi connectivity index (χ1v) is 4.18. The molecule has 70 valence electrons. The molecule has 0 heterocycles. The van der Waals surface area contributed by atoms with Crippen LogP contribution < -0.4 is 5.32 Å². The van der Waals surface area contributed by atoms with Gasteiger partial charge in [0.05, 0.1) is 6.33 Å². The van der Waals surface area contributed by atoms with E-state index in [1.54, 1.807) is 0 Å². The topological polar surface area (TPSA) is 49.3 Å². The van der Waals surface area contributed by atoms with Crippen LogP contribution in [0.3, 0.4) is 0 Å². The summed E-state index contributed by atoms with van der Waals surface area (Å²) in [5, 5.41) is 11.2. The van der Waals surface area contributed by atoms with E-state index in [2.05, 4.69) is 17.9 Å². The molecule has 0 aliphatic heterocycles. The standard InChI is InChI=1S/C7H12FNO2S/c8-3-1-2-4-9-6(5-12)7(10)11/h1,3,6,9,12H,2,4-5H2,(H,10,11)/t6-/m0/s1. The van der Waals surface area contributed by atoms with Gasteiger partial charge in [0.25, 0.3) is 0 Å². The van der Waals surface area contributed by atoms with Gasteiger partial charge in [0.15, 0.2) is 0 Å². The largest absolute Gasteiger partial charge is 0.480 e. The number of nitrogens with one attached hydrogen (secondary N) is 1. The van der Waals surface area contributed by atoms with E-state index in [1.165, 1.54) is 6.08 Å². The van der Waals surface area contributed by atoms with E-state index in [0.717, 1.165) is 0 Å². The predicted octanol–water partition coefficient (Wildman–Crippen LogP) is 0.832. The smallest absolute Gasteiger partial charge is 0.321 e. The SMILES string of the molecule is O=C(O)[C@H](CS)NCCC=CF. The second-order valence-corrected chi connectivity index (χ2v) is 2.54. The van der Waals surface area contributed by atoms with Gasteiger partial charge in [-0.1, -0.05) is 6.08 Å². The minimum atomic E-state index is -0.936. The van der Waals surface area contributed by atoms with E-state index in [0.29, 0.717) is 19.3 Å². The normalized spacial score (nSPS) is 13.5. The Hall–Kier alpha value is -0.550. The minimum Gasteiger partial charge on any atom is -0.480 e. The summed E-state index contributed by atoms with van der Waals surface area (Å²) < 4.78 is 11.4. The van der Waals surface area contributed by atoms with Gasteiger partial charge >= 0.3 is 5.97 Å². The molecule has 0 radical (unpaired) electrons. The Morgan fingerprint density at radius 3 is 2.83 bits per heavy atom. The Morgan fingerprint density at radius 2 is 2.42 bits per heavy atom. The van der Waals surface area contributed by atoms with Crippen molar-refractivity contribution in [2.75, 3.05) is 12.3 Å². The van der Waals surface area contributed by atoms with E-state index in [1.807, 2.05) is 0 Å². The van der Waals surface area contributed by atoms with Crippen LogP contribution >= 0.6 is 12.6 Å². The highest BCUT2D eigenvalue weighted by Crippen LogP contribution is 1.89. The summed E-state index contributed by atoms with van der Waals surface area (Å²) in [6, 6.07) is -0.652. The zero-order valence-corrected chi connectivity index (χ0v) is 7.43. The van der Waals surface area contributed by atoms with Crippen molar-refractivity contribution in [3.63, 3.8) is 0 Å². The quantitative estimate of drug-likeness (QED) is 0.432. The molecule has 0 aromatic rings. The maximum absolute atomic E-state index is 11.4. The summed E-state index contributed by atoms with van der Waals surface area (Å²) >= 11 is 3.84. The Bertz CT molecular complexity index is 163. The maximum Gasteiger partial charge on any atom is 0.321 e. The second-order valence-electron chi connectivity index (χ2n) is 2.18. The van der Waals surface area contributed by atoms with E-state index < -0.39 is 12.0 Å². The third-order valence-corrected chi connectivity index (χ3v) is 1.64. The molecule has 0 aromatic carbocycles. The molecular weight excluding hydrogens is 181 g/mol. The Balaban J connectivity index is 3.51. The lowest BCUT2D eigenvalue weighted by Crippen LogP contribution is -2.38. The van der Waals surface area contributed by atoms with Gasteiger partial charge in [0, 0.05) is 5.75 Å². The van der Waals surface area contributed by atoms with E-state index in [9.17, 15) is 9.18 Å². The number of thiol groups is 1. The summed E-state index contributed by atoms with van der Waals surface area (Å²) in [6.45, 7) is 0.442. The summed E-state index contributed by atoms with van der Waals surface area (Å²) in [7, 11) is 0. The molecule has 12 heavy (non-hydrogen) atoms. The second kappa shape index (κ2) is 7.12. The van der Waals surface area contributed by atoms with Crippen LogP contribution in [0, 0.1) is 0 Å². The summed E-state index contributed by atoms with van der Waals surface area (Å²) in [5.74, 6) is -0.705. The number of rotatable bonds is 6. The van der Waals surface area contributed by atoms with Crippen molar-refractivity contribution in [3.05, 3.63) is 12.4 Å². The van der Waals surface area contributed by atoms with Crippen LogP contribution in [0.1, 0.15) is 6.42 Å². The van der Waals surface area contributed by atoms with Gasteiger partial charge in [-0.3, -0.25) is 4.79 Å². The van der Waals surface area contributed by atoms with Crippen molar-refractivity contribution in [2.45, 2.75) is 12.5 Å². The van der Waals surface area contributed by atoms with Gasteiger partial charge in [-0.05, 0) is 13.0 Å². The zero-order valence-electron chi connectivity index (χ0n) is 6.53. The molecule has 0 bridgehead atoms. The van der Waals surface area contributed by atoms with Gasteiger partial charge in [-0.25, -0.2) is 4.39 Å². The zero-order chi connectivity index (χ0) is 9.40. The van der Waals surface area contributed by atoms with Crippen molar-refractivity contribution in [1.82, 2.24) is 5.32 Å². The number of hydrogen-bond acceptors (Lipinski definition) is 3. The first-order valence-electron chi connectivity index (χ1n) is 3.54. The third-order valence-electron chi connectivity index (χ3n) is 1.27. The lowest BCUT2D eigenvalue weighted by atomic mass is 10.3. The Labute approximate surface area is 76.1 Å². The molecule has 0 unspecified atom stereocenters. The van der Waals surface area contributed by atoms with Crippen molar-refractivity contribution < 1.29 is 14.3 Å². The average Bonchev–Trinajstić information content (AvgIpc) is 2.04. The summed E-state index contributed by atoms with van der Waals surface area (Å²) in [4.78, 5) is 10.4. The van der Waals surface area contributed by atoms with Crippen LogP contribution in [-0.4, -0.2) is 29.4 Å². The van der Waals surface area contributed by atoms with Crippen molar-refractivity contribution >= 4 is 18.6 Å². The number of carboxylic acid groups (broad SMARTS) is 1. The molecule has 0 amide bonds. The van der Waals surface area contributed by atoms with Crippen LogP contribution in [0.5, 0.6) is 0 Å². The molecule has 0 saturated heterocycles. The Morgan fingerprint density at radius 1 is 1.75 bits per heavy atom. The van der Waals surface area contributed by atoms with Gasteiger partial charge in [-0.2, -0.15) is 12.6 Å². The summed E-state index contributed by atoms with van der Waals surface area (Å²) in [6.07, 6.45) is 2.25. The predicted molar refractivity (Wildman–Crippen MR) is 48.1 cm³/mol. The fraction of sp³-hybridized carbons (Fsp3) is 0.571. The van der Waals surface area contributed by atoms with E-state index >= 15 is 0 Å². The summed E-state index contributed by atoms with van der Waals surface area (Å²) in [5.41, 5.74) is 0. The van der Waals surface area contributed by atoms with Gasteiger partial charge in [0.1, 0.15) is 6.04 Å². The third kappa shape index (κ3) is 5.15. The highest BCUT2D eigenvalue weighted by molar-refractivity contribution is 7.80. The first kappa shape index (κ1) is 11.4. The van der Waals surface area contributed by atoms with E-state index in [-0.39, 0.29) is 5.75 Å². The molecule has 0 aromatic heterocycles. The molecular formula is C7H12FNO2S. The molecule has 0 rings (SSSR count). The van der Waals surface area contributed by atoms with Crippen molar-refractivity contribution in [2.24, 2.45) is 0 Å². The van der Waals surface area contributed by atoms with Crippen LogP contribution in [0.15, 0.2) is 12.4 Å². The average molecular weight is 193 g/mol. The lowest BCUT2D eigenvalue weighted by Gasteiger charge is -2.09. The minimum absolute atomic E-state index is 0.231. The highest BCUT2D eigenvalue weighted by atomic mass is 32.1. The fourth-order valence-corrected chi connectivity index (χ4v) is 0.919. The van der Waals surface area contributed by atoms with Crippen LogP contribution in [0.25, 0.3) is 0 Å². The number of hydrogen-bond donors (Lipinski definition) is 3. The van der Waals surface area contributed by atoms with Crippen LogP contribution in [0.4, 0.5) is 4.39 Å². The maximum atomic E-state index is 11.4. The monoisotopic (exact) mass is 193 g/mol. The van der Waals surface area contributed by atoms with E-state index in [4.69, 9.17) is 5.11 Å². The van der Waals surface area contributed by atoms with Gasteiger partial charge in [-0.15, -0.1) is 0 Å². The van der Waals surface area contributed by atoms with Crippen LogP contribution in [-0.2, 0) is 4.79 Å². The molecule has 5 heteroatoms. The number of aliphatic carboxylic acids is 1. The molecule has 1 atom stereocenters. The van der Waals surface area contributed by atoms with Crippen LogP contribution in [0.2, 0.25) is 0 Å². The van der Waals surface area contributed by atoms with Gasteiger partial charge in [0.2, 0.25) is 0 Å². The fourth-order valence-electron chi connectivity index (χ4n) is 0.634. The molecule has 2 N–H and O–H groups in total. The number of halogens is 1. The molecule has 0 aliphatic carbocycles. The van der Waals surface area contributed by atoms with Crippen molar-refractivity contribution in [3.8, 4) is 0 Å². The molecule has 0 spiro atoms. The molecule has 0 aliphatic rings. The Kier molecular flexibility index (Phi) is 6.79. The number of carbonyl (C=O) groups is 1. The van der Waals surface area contributed by atoms with Gasteiger partial charge < -0.3 is 10.4 Å². The molecule has 0 saturated carbocycles. The lowest BCUT2D eigenvalue weighted by molar-refractivity contribution is -0.138. The van der Waals surface area contributed by atoms with Crippen molar-refractivity contribution in [1.29, 1.82) is 0 Å². The molecule has 3 nitrogen and oxygen atoms in total. The first-order chi connectivity index (χ1) is 5.72. The number of carboxylic acids is 1. The highest BCUT2D eigenvalue weighted by Gasteiger charge is 2.12. The molecule has 0 fully saturated rings.